The molecule has 1 saturated heterocycles. The third kappa shape index (κ3) is 4.84. The number of Topliss-reactive ketones (excluding diaryl/α,β-unsaturated/α-hetero) is 1. The highest BCUT2D eigenvalue weighted by Gasteiger charge is 2.47. The van der Waals surface area contributed by atoms with Gasteiger partial charge in [-0.1, -0.05) is 64.1 Å². The lowest BCUT2D eigenvalue weighted by Crippen LogP contribution is -2.29. The summed E-state index contributed by atoms with van der Waals surface area (Å²) in [6.07, 6.45) is 0. The summed E-state index contributed by atoms with van der Waals surface area (Å²) in [6.45, 7) is 8.40. The largest absolute Gasteiger partial charge is 0.507 e. The number of carbonyl (C=O) groups is 2. The van der Waals surface area contributed by atoms with Crippen LogP contribution in [-0.2, 0) is 9.59 Å². The summed E-state index contributed by atoms with van der Waals surface area (Å²) in [4.78, 5) is 28.4. The number of anilines is 1. The molecule has 1 amide bonds. The van der Waals surface area contributed by atoms with E-state index in [1.165, 1.54) is 19.1 Å². The topological polar surface area (TPSA) is 76.1 Å². The lowest BCUT2D eigenvalue weighted by atomic mass is 9.92. The molecule has 37 heavy (non-hydrogen) atoms. The van der Waals surface area contributed by atoms with Crippen LogP contribution in [0.4, 0.5) is 5.69 Å². The molecular weight excluding hydrogens is 466 g/mol. The normalized spacial score (nSPS) is 17.1. The fourth-order valence-electron chi connectivity index (χ4n) is 4.64. The molecular formula is C31H33NO5. The predicted octanol–water partition coefficient (Wildman–Crippen LogP) is 6.58. The number of ether oxygens (including phenoxy) is 2. The Morgan fingerprint density at radius 1 is 0.811 bits per heavy atom. The van der Waals surface area contributed by atoms with Crippen molar-refractivity contribution < 1.29 is 24.2 Å². The molecule has 1 N–H and O–H groups in total. The number of ketones is 1. The lowest BCUT2D eigenvalue weighted by molar-refractivity contribution is -0.132. The minimum absolute atomic E-state index is 0.0127. The Bertz CT molecular complexity index is 1340. The maximum atomic E-state index is 13.5. The van der Waals surface area contributed by atoms with Crippen LogP contribution < -0.4 is 14.4 Å². The van der Waals surface area contributed by atoms with E-state index in [2.05, 4.69) is 27.7 Å². The van der Waals surface area contributed by atoms with E-state index in [0.29, 0.717) is 34.6 Å². The van der Waals surface area contributed by atoms with Crippen LogP contribution in [0.5, 0.6) is 11.5 Å². The molecule has 6 heteroatoms. The summed E-state index contributed by atoms with van der Waals surface area (Å²) in [6, 6.07) is 19.6. The van der Waals surface area contributed by atoms with Gasteiger partial charge in [0.05, 0.1) is 31.4 Å². The first kappa shape index (κ1) is 26.0. The smallest absolute Gasteiger partial charge is 0.300 e. The van der Waals surface area contributed by atoms with Gasteiger partial charge in [0.1, 0.15) is 17.3 Å². The highest BCUT2D eigenvalue weighted by Crippen LogP contribution is 2.44. The fourth-order valence-corrected chi connectivity index (χ4v) is 4.64. The van der Waals surface area contributed by atoms with E-state index >= 15 is 0 Å². The van der Waals surface area contributed by atoms with Crippen molar-refractivity contribution in [1.82, 2.24) is 0 Å². The molecule has 4 rings (SSSR count). The van der Waals surface area contributed by atoms with Crippen LogP contribution in [0, 0.1) is 0 Å². The zero-order valence-corrected chi connectivity index (χ0v) is 22.1. The van der Waals surface area contributed by atoms with Gasteiger partial charge in [-0.15, -0.1) is 0 Å². The van der Waals surface area contributed by atoms with Crippen LogP contribution in [0.2, 0.25) is 0 Å². The molecule has 192 valence electrons. The Morgan fingerprint density at radius 3 is 1.89 bits per heavy atom. The number of hydrogen-bond acceptors (Lipinski definition) is 5. The van der Waals surface area contributed by atoms with Crippen molar-refractivity contribution in [2.24, 2.45) is 0 Å². The van der Waals surface area contributed by atoms with Gasteiger partial charge < -0.3 is 14.6 Å². The number of hydrogen-bond donors (Lipinski definition) is 1. The molecule has 0 aromatic heterocycles. The minimum atomic E-state index is -0.807. The van der Waals surface area contributed by atoms with Gasteiger partial charge in [0.25, 0.3) is 11.7 Å². The van der Waals surface area contributed by atoms with Crippen LogP contribution >= 0.6 is 0 Å². The van der Waals surface area contributed by atoms with Crippen LogP contribution in [0.25, 0.3) is 5.76 Å². The number of amides is 1. The van der Waals surface area contributed by atoms with Crippen LogP contribution in [0.1, 0.15) is 67.8 Å². The number of carbonyl (C=O) groups excluding carboxylic acids is 2. The van der Waals surface area contributed by atoms with Crippen molar-refractivity contribution in [3.8, 4) is 11.5 Å². The Morgan fingerprint density at radius 2 is 1.38 bits per heavy atom. The second-order valence-electron chi connectivity index (χ2n) is 9.80. The monoisotopic (exact) mass is 499 g/mol. The van der Waals surface area contributed by atoms with Gasteiger partial charge in [-0.05, 0) is 52.8 Å². The zero-order valence-electron chi connectivity index (χ0n) is 22.1. The highest BCUT2D eigenvalue weighted by molar-refractivity contribution is 6.51. The van der Waals surface area contributed by atoms with Gasteiger partial charge in [0.15, 0.2) is 0 Å². The van der Waals surface area contributed by atoms with Gasteiger partial charge in [-0.25, -0.2) is 0 Å². The number of rotatable bonds is 7. The molecule has 1 fully saturated rings. The van der Waals surface area contributed by atoms with E-state index in [4.69, 9.17) is 9.47 Å². The summed E-state index contributed by atoms with van der Waals surface area (Å²) in [5.41, 5.74) is 3.90. The Hall–Kier alpha value is -4.06. The number of methoxy groups -OCH3 is 2. The molecule has 0 saturated carbocycles. The van der Waals surface area contributed by atoms with E-state index < -0.39 is 17.7 Å². The summed E-state index contributed by atoms with van der Waals surface area (Å²) in [7, 11) is 3.01. The van der Waals surface area contributed by atoms with E-state index in [9.17, 15) is 14.7 Å². The van der Waals surface area contributed by atoms with Crippen molar-refractivity contribution in [1.29, 1.82) is 0 Å². The van der Waals surface area contributed by atoms with E-state index in [0.717, 1.165) is 16.7 Å². The average Bonchev–Trinajstić information content (AvgIpc) is 3.17. The first-order valence-electron chi connectivity index (χ1n) is 12.4. The van der Waals surface area contributed by atoms with Crippen molar-refractivity contribution in [3.63, 3.8) is 0 Å². The number of aliphatic hydroxyl groups excluding tert-OH is 1. The van der Waals surface area contributed by atoms with Gasteiger partial charge >= 0.3 is 0 Å². The molecule has 1 atom stereocenters. The average molecular weight is 500 g/mol. The quantitative estimate of drug-likeness (QED) is 0.226. The third-order valence-electron chi connectivity index (χ3n) is 6.87. The van der Waals surface area contributed by atoms with Gasteiger partial charge in [-0.3, -0.25) is 14.5 Å². The Balaban J connectivity index is 1.93. The zero-order chi connectivity index (χ0) is 26.9. The molecule has 0 aliphatic carbocycles. The third-order valence-corrected chi connectivity index (χ3v) is 6.87. The first-order chi connectivity index (χ1) is 17.7. The van der Waals surface area contributed by atoms with Gasteiger partial charge in [-0.2, -0.15) is 0 Å². The molecule has 1 heterocycles. The second kappa shape index (κ2) is 10.5. The van der Waals surface area contributed by atoms with Crippen molar-refractivity contribution in [3.05, 3.63) is 94.6 Å². The van der Waals surface area contributed by atoms with Crippen LogP contribution in [0.3, 0.4) is 0 Å². The maximum Gasteiger partial charge on any atom is 0.300 e. The summed E-state index contributed by atoms with van der Waals surface area (Å²) in [5, 5.41) is 11.5. The van der Waals surface area contributed by atoms with Crippen LogP contribution in [0.15, 0.2) is 72.3 Å². The van der Waals surface area contributed by atoms with E-state index in [1.807, 2.05) is 48.5 Å². The first-order valence-corrected chi connectivity index (χ1v) is 12.4. The van der Waals surface area contributed by atoms with Gasteiger partial charge in [0.2, 0.25) is 0 Å². The molecule has 3 aromatic carbocycles. The highest BCUT2D eigenvalue weighted by atomic mass is 16.5. The fraction of sp³-hybridized carbons (Fsp3) is 0.290. The molecule has 0 spiro atoms. The Kier molecular flexibility index (Phi) is 7.39. The lowest BCUT2D eigenvalue weighted by Gasteiger charge is -2.26. The number of aliphatic hydroxyl groups is 1. The molecule has 1 aliphatic heterocycles. The molecule has 1 aliphatic rings. The summed E-state index contributed by atoms with van der Waals surface area (Å²) in [5.74, 6) is -0.209. The van der Waals surface area contributed by atoms with Crippen molar-refractivity contribution in [2.75, 3.05) is 19.1 Å². The predicted molar refractivity (Wildman–Crippen MR) is 145 cm³/mol. The van der Waals surface area contributed by atoms with E-state index in [1.54, 1.807) is 18.2 Å². The molecule has 0 bridgehead atoms. The van der Waals surface area contributed by atoms with Crippen molar-refractivity contribution >= 4 is 23.1 Å². The molecule has 6 nitrogen and oxygen atoms in total. The van der Waals surface area contributed by atoms with E-state index in [-0.39, 0.29) is 11.3 Å². The minimum Gasteiger partial charge on any atom is -0.507 e. The maximum absolute atomic E-state index is 13.5. The standard InChI is InChI=1S/C31H33NO5/c1-18(2)20-7-9-22(10-8-20)28-27(29(33)25-16-15-24(36-5)17-26(25)37-6)30(34)31(35)32(28)23-13-11-21(12-14-23)19(3)4/h7-19,28,33H,1-6H3/b29-27-. The SMILES string of the molecule is COc1ccc(/C(O)=C2/C(=O)C(=O)N(c3ccc(C(C)C)cc3)C2c2ccc(C(C)C)cc2)c(OC)c1. The summed E-state index contributed by atoms with van der Waals surface area (Å²) >= 11 is 0. The molecule has 3 aromatic rings. The number of nitrogens with zero attached hydrogens (tertiary/aromatic N) is 1. The molecule has 1 unspecified atom stereocenters. The van der Waals surface area contributed by atoms with Crippen LogP contribution in [-0.4, -0.2) is 31.0 Å². The summed E-state index contributed by atoms with van der Waals surface area (Å²) < 4.78 is 10.7. The molecule has 0 radical (unpaired) electrons. The number of benzene rings is 3. The second-order valence-corrected chi connectivity index (χ2v) is 9.80. The Labute approximate surface area is 218 Å². The van der Waals surface area contributed by atoms with Gasteiger partial charge in [0, 0.05) is 11.8 Å². The van der Waals surface area contributed by atoms with Crippen molar-refractivity contribution in [2.45, 2.75) is 45.6 Å².